The van der Waals surface area contributed by atoms with Crippen molar-refractivity contribution in [3.8, 4) is 5.75 Å². The van der Waals surface area contributed by atoms with Crippen molar-refractivity contribution in [2.45, 2.75) is 26.9 Å². The summed E-state index contributed by atoms with van der Waals surface area (Å²) in [7, 11) is 1.69. The van der Waals surface area contributed by atoms with E-state index in [0.29, 0.717) is 25.4 Å². The number of ether oxygens (including phenoxy) is 2. The third-order valence-corrected chi connectivity index (χ3v) is 4.58. The van der Waals surface area contributed by atoms with E-state index in [9.17, 15) is 4.79 Å². The fourth-order valence-electron chi connectivity index (χ4n) is 3.17. The lowest BCUT2D eigenvalue weighted by Crippen LogP contribution is -2.28. The highest BCUT2D eigenvalue weighted by Gasteiger charge is 2.11. The van der Waals surface area contributed by atoms with Crippen LogP contribution in [0, 0.1) is 6.92 Å². The molecule has 0 saturated carbocycles. The number of aryl methyl sites for hydroxylation is 1. The standard InChI is InChI=1S/C22H27N3O3/c1-4-28-20-9-7-18(8-10-20)15-24(12-13-27-3)16-19-14-21(26)25-11-5-6-17(2)22(25)23-19/h5-11,14H,4,12-13,15-16H2,1-3H3. The third kappa shape index (κ3) is 4.97. The molecule has 0 saturated heterocycles. The van der Waals surface area contributed by atoms with Crippen LogP contribution in [0.3, 0.4) is 0 Å². The lowest BCUT2D eigenvalue weighted by molar-refractivity contribution is 0.139. The topological polar surface area (TPSA) is 56.1 Å². The molecule has 0 unspecified atom stereocenters. The summed E-state index contributed by atoms with van der Waals surface area (Å²) in [5.41, 5.74) is 3.57. The highest BCUT2D eigenvalue weighted by atomic mass is 16.5. The van der Waals surface area contributed by atoms with Gasteiger partial charge in [-0.05, 0) is 43.2 Å². The predicted molar refractivity (Wildman–Crippen MR) is 110 cm³/mol. The van der Waals surface area contributed by atoms with E-state index in [1.165, 1.54) is 5.56 Å². The van der Waals surface area contributed by atoms with Gasteiger partial charge in [0.2, 0.25) is 0 Å². The Hall–Kier alpha value is -2.70. The number of hydrogen-bond donors (Lipinski definition) is 0. The Balaban J connectivity index is 1.81. The quantitative estimate of drug-likeness (QED) is 0.570. The fourth-order valence-corrected chi connectivity index (χ4v) is 3.17. The largest absolute Gasteiger partial charge is 0.494 e. The molecule has 28 heavy (non-hydrogen) atoms. The number of hydrogen-bond acceptors (Lipinski definition) is 5. The fraction of sp³-hybridized carbons (Fsp3) is 0.364. The Morgan fingerprint density at radius 1 is 1.14 bits per heavy atom. The van der Waals surface area contributed by atoms with Crippen molar-refractivity contribution >= 4 is 5.65 Å². The van der Waals surface area contributed by atoms with Gasteiger partial charge in [0, 0.05) is 39.0 Å². The van der Waals surface area contributed by atoms with Gasteiger partial charge in [0.1, 0.15) is 11.4 Å². The maximum atomic E-state index is 12.5. The van der Waals surface area contributed by atoms with Gasteiger partial charge in [-0.3, -0.25) is 14.1 Å². The molecule has 0 amide bonds. The number of benzene rings is 1. The van der Waals surface area contributed by atoms with Gasteiger partial charge in [-0.15, -0.1) is 0 Å². The summed E-state index contributed by atoms with van der Waals surface area (Å²) in [5.74, 6) is 0.870. The molecule has 0 aliphatic heterocycles. The van der Waals surface area contributed by atoms with Crippen LogP contribution in [-0.4, -0.2) is 41.2 Å². The molecule has 2 aromatic heterocycles. The summed E-state index contributed by atoms with van der Waals surface area (Å²) in [6.07, 6.45) is 1.75. The van der Waals surface area contributed by atoms with Gasteiger partial charge in [-0.2, -0.15) is 0 Å². The van der Waals surface area contributed by atoms with Gasteiger partial charge in [-0.1, -0.05) is 18.2 Å². The van der Waals surface area contributed by atoms with Crippen LogP contribution in [0.15, 0.2) is 53.5 Å². The first-order chi connectivity index (χ1) is 13.6. The van der Waals surface area contributed by atoms with E-state index in [0.717, 1.165) is 30.1 Å². The number of pyridine rings is 1. The molecule has 3 rings (SSSR count). The maximum Gasteiger partial charge on any atom is 0.258 e. The molecule has 6 nitrogen and oxygen atoms in total. The highest BCUT2D eigenvalue weighted by molar-refractivity contribution is 5.46. The highest BCUT2D eigenvalue weighted by Crippen LogP contribution is 2.15. The summed E-state index contributed by atoms with van der Waals surface area (Å²) in [6, 6.07) is 13.5. The van der Waals surface area contributed by atoms with E-state index in [1.54, 1.807) is 23.8 Å². The second-order valence-electron chi connectivity index (χ2n) is 6.75. The van der Waals surface area contributed by atoms with Crippen molar-refractivity contribution in [1.82, 2.24) is 14.3 Å². The van der Waals surface area contributed by atoms with Crippen molar-refractivity contribution in [3.05, 3.63) is 75.8 Å². The summed E-state index contributed by atoms with van der Waals surface area (Å²) in [5, 5.41) is 0. The monoisotopic (exact) mass is 381 g/mol. The maximum absolute atomic E-state index is 12.5. The lowest BCUT2D eigenvalue weighted by atomic mass is 10.2. The normalized spacial score (nSPS) is 11.3. The molecular formula is C22H27N3O3. The van der Waals surface area contributed by atoms with Gasteiger partial charge in [0.05, 0.1) is 18.9 Å². The van der Waals surface area contributed by atoms with Crippen molar-refractivity contribution in [2.75, 3.05) is 26.9 Å². The van der Waals surface area contributed by atoms with Gasteiger partial charge in [0.25, 0.3) is 5.56 Å². The minimum absolute atomic E-state index is 0.0588. The molecule has 0 radical (unpaired) electrons. The molecule has 0 aliphatic rings. The molecule has 0 fully saturated rings. The van der Waals surface area contributed by atoms with Crippen LogP contribution in [0.5, 0.6) is 5.75 Å². The number of aromatic nitrogens is 2. The van der Waals surface area contributed by atoms with Crippen LogP contribution in [0.25, 0.3) is 5.65 Å². The van der Waals surface area contributed by atoms with E-state index in [2.05, 4.69) is 17.0 Å². The lowest BCUT2D eigenvalue weighted by Gasteiger charge is -2.22. The first-order valence-electron chi connectivity index (χ1n) is 9.51. The van der Waals surface area contributed by atoms with Crippen LogP contribution in [-0.2, 0) is 17.8 Å². The van der Waals surface area contributed by atoms with E-state index in [1.807, 2.05) is 38.1 Å². The average molecular weight is 381 g/mol. The summed E-state index contributed by atoms with van der Waals surface area (Å²) in [4.78, 5) is 19.4. The number of methoxy groups -OCH3 is 1. The van der Waals surface area contributed by atoms with Crippen LogP contribution < -0.4 is 10.3 Å². The molecule has 0 bridgehead atoms. The van der Waals surface area contributed by atoms with E-state index >= 15 is 0 Å². The van der Waals surface area contributed by atoms with Crippen LogP contribution in [0.2, 0.25) is 0 Å². The molecule has 6 heteroatoms. The molecule has 0 atom stereocenters. The molecule has 0 N–H and O–H groups in total. The Morgan fingerprint density at radius 3 is 2.64 bits per heavy atom. The first kappa shape index (κ1) is 20.0. The van der Waals surface area contributed by atoms with Crippen molar-refractivity contribution in [1.29, 1.82) is 0 Å². The second kappa shape index (κ2) is 9.48. The third-order valence-electron chi connectivity index (χ3n) is 4.58. The Morgan fingerprint density at radius 2 is 1.93 bits per heavy atom. The van der Waals surface area contributed by atoms with Crippen molar-refractivity contribution in [3.63, 3.8) is 0 Å². The summed E-state index contributed by atoms with van der Waals surface area (Å²) in [6.45, 7) is 7.28. The number of rotatable bonds is 9. The first-order valence-corrected chi connectivity index (χ1v) is 9.51. The Labute approximate surface area is 165 Å². The Bertz CT molecular complexity index is 967. The van der Waals surface area contributed by atoms with E-state index in [-0.39, 0.29) is 5.56 Å². The smallest absolute Gasteiger partial charge is 0.258 e. The van der Waals surface area contributed by atoms with Gasteiger partial charge < -0.3 is 9.47 Å². The molecular weight excluding hydrogens is 354 g/mol. The Kier molecular flexibility index (Phi) is 6.79. The van der Waals surface area contributed by atoms with Gasteiger partial charge in [-0.25, -0.2) is 4.98 Å². The van der Waals surface area contributed by atoms with E-state index in [4.69, 9.17) is 14.5 Å². The molecule has 0 spiro atoms. The summed E-state index contributed by atoms with van der Waals surface area (Å²) < 4.78 is 12.4. The van der Waals surface area contributed by atoms with Crippen LogP contribution in [0.1, 0.15) is 23.7 Å². The van der Waals surface area contributed by atoms with Crippen molar-refractivity contribution in [2.24, 2.45) is 0 Å². The zero-order chi connectivity index (χ0) is 19.9. The van der Waals surface area contributed by atoms with Gasteiger partial charge >= 0.3 is 0 Å². The molecule has 148 valence electrons. The van der Waals surface area contributed by atoms with Crippen LogP contribution >= 0.6 is 0 Å². The molecule has 1 aromatic carbocycles. The van der Waals surface area contributed by atoms with Gasteiger partial charge in [0.15, 0.2) is 0 Å². The SMILES string of the molecule is CCOc1ccc(CN(CCOC)Cc2cc(=O)n3cccc(C)c3n2)cc1. The predicted octanol–water partition coefficient (Wildman–Crippen LogP) is 3.05. The zero-order valence-corrected chi connectivity index (χ0v) is 16.7. The summed E-state index contributed by atoms with van der Waals surface area (Å²) >= 11 is 0. The second-order valence-corrected chi connectivity index (χ2v) is 6.75. The number of nitrogens with zero attached hydrogens (tertiary/aromatic N) is 3. The molecule has 0 aliphatic carbocycles. The zero-order valence-electron chi connectivity index (χ0n) is 16.7. The minimum Gasteiger partial charge on any atom is -0.494 e. The average Bonchev–Trinajstić information content (AvgIpc) is 2.69. The molecule has 3 aromatic rings. The van der Waals surface area contributed by atoms with Crippen LogP contribution in [0.4, 0.5) is 0 Å². The molecule has 2 heterocycles. The number of fused-ring (bicyclic) bond motifs is 1. The van der Waals surface area contributed by atoms with Crippen molar-refractivity contribution < 1.29 is 9.47 Å². The van der Waals surface area contributed by atoms with E-state index < -0.39 is 0 Å². The minimum atomic E-state index is -0.0588.